The number of methoxy groups -OCH3 is 1. The molecule has 2 aromatic carbocycles. The average molecular weight is 383 g/mol. The summed E-state index contributed by atoms with van der Waals surface area (Å²) >= 11 is 0. The van der Waals surface area contributed by atoms with E-state index in [-0.39, 0.29) is 17.3 Å². The number of carbonyl (C=O) groups excluding carboxylic acids is 1. The fourth-order valence-electron chi connectivity index (χ4n) is 4.44. The molecule has 0 unspecified atom stereocenters. The van der Waals surface area contributed by atoms with Gasteiger partial charge in [-0.25, -0.2) is 9.18 Å². The third-order valence-corrected chi connectivity index (χ3v) is 6.11. The SMILES string of the molecule is CCN1CCC2(CC1)CN(C(=O)Nc1cccc(F)c1)c1ccc(OC)cc12. The van der Waals surface area contributed by atoms with E-state index in [0.717, 1.165) is 43.9 Å². The van der Waals surface area contributed by atoms with Gasteiger partial charge < -0.3 is 15.0 Å². The van der Waals surface area contributed by atoms with Gasteiger partial charge in [-0.05, 0) is 74.4 Å². The first-order valence-corrected chi connectivity index (χ1v) is 9.79. The fraction of sp³-hybridized carbons (Fsp3) is 0.409. The quantitative estimate of drug-likeness (QED) is 0.862. The Kier molecular flexibility index (Phi) is 4.98. The van der Waals surface area contributed by atoms with Gasteiger partial charge in [0, 0.05) is 23.3 Å². The van der Waals surface area contributed by atoms with Gasteiger partial charge in [0.05, 0.1) is 7.11 Å². The Morgan fingerprint density at radius 2 is 2.00 bits per heavy atom. The first-order chi connectivity index (χ1) is 13.5. The lowest BCUT2D eigenvalue weighted by molar-refractivity contribution is 0.173. The van der Waals surface area contributed by atoms with Crippen LogP contribution in [0.15, 0.2) is 42.5 Å². The van der Waals surface area contributed by atoms with Gasteiger partial charge in [0.15, 0.2) is 0 Å². The minimum absolute atomic E-state index is 0.0607. The zero-order valence-electron chi connectivity index (χ0n) is 16.4. The molecule has 0 atom stereocenters. The number of carbonyl (C=O) groups is 1. The molecular formula is C22H26FN3O2. The third-order valence-electron chi connectivity index (χ3n) is 6.11. The van der Waals surface area contributed by atoms with Crippen molar-refractivity contribution >= 4 is 17.4 Å². The number of ether oxygens (including phenoxy) is 1. The summed E-state index contributed by atoms with van der Waals surface area (Å²) < 4.78 is 18.9. The summed E-state index contributed by atoms with van der Waals surface area (Å²) in [6, 6.07) is 11.7. The fourth-order valence-corrected chi connectivity index (χ4v) is 4.44. The lowest BCUT2D eigenvalue weighted by Gasteiger charge is -2.39. The van der Waals surface area contributed by atoms with Gasteiger partial charge in [-0.2, -0.15) is 0 Å². The Balaban J connectivity index is 1.64. The molecule has 1 saturated heterocycles. The Morgan fingerprint density at radius 1 is 1.21 bits per heavy atom. The highest BCUT2D eigenvalue weighted by atomic mass is 19.1. The number of piperidine rings is 1. The number of nitrogens with zero attached hydrogens (tertiary/aromatic N) is 2. The van der Waals surface area contributed by atoms with Crippen molar-refractivity contribution in [2.45, 2.75) is 25.2 Å². The lowest BCUT2D eigenvalue weighted by Crippen LogP contribution is -2.46. The van der Waals surface area contributed by atoms with Crippen molar-refractivity contribution in [2.24, 2.45) is 0 Å². The Labute approximate surface area is 165 Å². The minimum Gasteiger partial charge on any atom is -0.497 e. The molecule has 28 heavy (non-hydrogen) atoms. The van der Waals surface area contributed by atoms with Crippen LogP contribution in [0.4, 0.5) is 20.6 Å². The van der Waals surface area contributed by atoms with Crippen molar-refractivity contribution in [1.29, 1.82) is 0 Å². The van der Waals surface area contributed by atoms with Crippen molar-refractivity contribution in [3.05, 3.63) is 53.8 Å². The number of halogens is 1. The van der Waals surface area contributed by atoms with E-state index in [1.54, 1.807) is 24.1 Å². The average Bonchev–Trinajstić information content (AvgIpc) is 3.02. The van der Waals surface area contributed by atoms with Crippen LogP contribution in [0.5, 0.6) is 5.75 Å². The number of hydrogen-bond acceptors (Lipinski definition) is 3. The normalized spacial score (nSPS) is 18.2. The molecule has 2 heterocycles. The maximum atomic E-state index is 13.5. The zero-order valence-corrected chi connectivity index (χ0v) is 16.4. The van der Waals surface area contributed by atoms with E-state index in [0.29, 0.717) is 12.2 Å². The highest BCUT2D eigenvalue weighted by Crippen LogP contribution is 2.48. The van der Waals surface area contributed by atoms with Crippen LogP contribution in [0.3, 0.4) is 0 Å². The highest BCUT2D eigenvalue weighted by Gasteiger charge is 2.46. The van der Waals surface area contributed by atoms with Gasteiger partial charge >= 0.3 is 6.03 Å². The maximum absolute atomic E-state index is 13.5. The van der Waals surface area contributed by atoms with Crippen LogP contribution in [0, 0.1) is 5.82 Å². The van der Waals surface area contributed by atoms with Crippen LogP contribution in [-0.2, 0) is 5.41 Å². The number of anilines is 2. The van der Waals surface area contributed by atoms with Gasteiger partial charge in [0.25, 0.3) is 0 Å². The highest BCUT2D eigenvalue weighted by molar-refractivity contribution is 6.03. The monoisotopic (exact) mass is 383 g/mol. The second-order valence-electron chi connectivity index (χ2n) is 7.62. The van der Waals surface area contributed by atoms with Crippen molar-refractivity contribution in [3.8, 4) is 5.75 Å². The largest absolute Gasteiger partial charge is 0.497 e. The van der Waals surface area contributed by atoms with Gasteiger partial charge in [-0.1, -0.05) is 13.0 Å². The van der Waals surface area contributed by atoms with E-state index >= 15 is 0 Å². The van der Waals surface area contributed by atoms with Crippen molar-refractivity contribution in [2.75, 3.05) is 43.5 Å². The lowest BCUT2D eigenvalue weighted by atomic mass is 9.74. The van der Waals surface area contributed by atoms with E-state index in [2.05, 4.69) is 23.2 Å². The number of amides is 2. The molecule has 0 aliphatic carbocycles. The predicted octanol–water partition coefficient (Wildman–Crippen LogP) is 4.24. The van der Waals surface area contributed by atoms with Crippen LogP contribution in [0.25, 0.3) is 0 Å². The molecule has 2 amide bonds. The number of hydrogen-bond donors (Lipinski definition) is 1. The second-order valence-corrected chi connectivity index (χ2v) is 7.62. The Morgan fingerprint density at radius 3 is 2.68 bits per heavy atom. The zero-order chi connectivity index (χ0) is 19.7. The number of likely N-dealkylation sites (tertiary alicyclic amines) is 1. The Hall–Kier alpha value is -2.60. The molecule has 0 radical (unpaired) electrons. The van der Waals surface area contributed by atoms with Gasteiger partial charge in [0.2, 0.25) is 0 Å². The molecule has 1 spiro atoms. The molecule has 6 heteroatoms. The van der Waals surface area contributed by atoms with Crippen LogP contribution in [0.2, 0.25) is 0 Å². The summed E-state index contributed by atoms with van der Waals surface area (Å²) in [5.41, 5.74) is 2.49. The standard InChI is InChI=1S/C22H26FN3O2/c1-3-25-11-9-22(10-12-25)15-26(20-8-7-18(28-2)14-19(20)22)21(27)24-17-6-4-5-16(23)13-17/h4-8,13-14H,3,9-12,15H2,1-2H3,(H,24,27). The van der Waals surface area contributed by atoms with Crippen LogP contribution < -0.4 is 15.0 Å². The second kappa shape index (κ2) is 7.43. The van der Waals surface area contributed by atoms with Crippen molar-refractivity contribution in [3.63, 3.8) is 0 Å². The molecule has 0 saturated carbocycles. The summed E-state index contributed by atoms with van der Waals surface area (Å²) in [7, 11) is 1.66. The summed E-state index contributed by atoms with van der Waals surface area (Å²) in [4.78, 5) is 17.3. The topological polar surface area (TPSA) is 44.8 Å². The number of nitrogens with one attached hydrogen (secondary N) is 1. The summed E-state index contributed by atoms with van der Waals surface area (Å²) in [6.45, 7) is 5.90. The van der Waals surface area contributed by atoms with Crippen molar-refractivity contribution in [1.82, 2.24) is 4.90 Å². The van der Waals surface area contributed by atoms with E-state index in [1.807, 2.05) is 12.1 Å². The summed E-state index contributed by atoms with van der Waals surface area (Å²) in [6.07, 6.45) is 2.01. The molecule has 2 aliphatic heterocycles. The molecule has 2 aromatic rings. The maximum Gasteiger partial charge on any atom is 0.326 e. The third kappa shape index (κ3) is 3.33. The molecule has 0 aromatic heterocycles. The van der Waals surface area contributed by atoms with E-state index in [4.69, 9.17) is 4.74 Å². The van der Waals surface area contributed by atoms with Gasteiger partial charge in [0.1, 0.15) is 11.6 Å². The molecular weight excluding hydrogens is 357 g/mol. The first kappa shape index (κ1) is 18.7. The smallest absolute Gasteiger partial charge is 0.326 e. The van der Waals surface area contributed by atoms with E-state index < -0.39 is 0 Å². The first-order valence-electron chi connectivity index (χ1n) is 9.79. The molecule has 4 rings (SSSR count). The van der Waals surface area contributed by atoms with Gasteiger partial charge in [-0.3, -0.25) is 4.90 Å². The molecule has 2 aliphatic rings. The van der Waals surface area contributed by atoms with Gasteiger partial charge in [-0.15, -0.1) is 0 Å². The summed E-state index contributed by atoms with van der Waals surface area (Å²) in [5.74, 6) is 0.441. The molecule has 148 valence electrons. The van der Waals surface area contributed by atoms with Crippen LogP contribution >= 0.6 is 0 Å². The number of fused-ring (bicyclic) bond motifs is 2. The number of benzene rings is 2. The van der Waals surface area contributed by atoms with Crippen LogP contribution in [-0.4, -0.2) is 44.2 Å². The molecule has 0 bridgehead atoms. The predicted molar refractivity (Wildman–Crippen MR) is 109 cm³/mol. The molecule has 1 N–H and O–H groups in total. The molecule has 1 fully saturated rings. The van der Waals surface area contributed by atoms with Crippen LogP contribution in [0.1, 0.15) is 25.3 Å². The number of rotatable bonds is 3. The van der Waals surface area contributed by atoms with E-state index in [9.17, 15) is 9.18 Å². The Bertz CT molecular complexity index is 878. The summed E-state index contributed by atoms with van der Waals surface area (Å²) in [5, 5.41) is 2.84. The number of urea groups is 1. The van der Waals surface area contributed by atoms with E-state index in [1.165, 1.54) is 17.7 Å². The van der Waals surface area contributed by atoms with Crippen molar-refractivity contribution < 1.29 is 13.9 Å². The minimum atomic E-state index is -0.368. The molecule has 5 nitrogen and oxygen atoms in total.